The number of carbonyl (C=O) groups excluding carboxylic acids is 2. The van der Waals surface area contributed by atoms with Crippen LogP contribution in [0.3, 0.4) is 0 Å². The fraction of sp³-hybridized carbons (Fsp3) is 0.600. The number of amides is 2. The molecule has 0 saturated carbocycles. The molecular weight excluding hydrogens is 392 g/mol. The van der Waals surface area contributed by atoms with Crippen molar-refractivity contribution in [1.29, 1.82) is 0 Å². The molecule has 28 heavy (non-hydrogen) atoms. The third-order valence-electron chi connectivity index (χ3n) is 4.84. The van der Waals surface area contributed by atoms with E-state index in [1.165, 1.54) is 0 Å². The van der Waals surface area contributed by atoms with Crippen LogP contribution in [0.2, 0.25) is 0 Å². The van der Waals surface area contributed by atoms with Crippen LogP contribution in [0.25, 0.3) is 0 Å². The van der Waals surface area contributed by atoms with Gasteiger partial charge in [-0.25, -0.2) is 0 Å². The van der Waals surface area contributed by atoms with Gasteiger partial charge in [0.1, 0.15) is 0 Å². The summed E-state index contributed by atoms with van der Waals surface area (Å²) in [6, 6.07) is 10.3. The maximum atomic E-state index is 13.2. The second kappa shape index (κ2) is 13.1. The normalized spacial score (nSPS) is 14.8. The predicted molar refractivity (Wildman–Crippen MR) is 120 cm³/mol. The molecule has 1 aromatic carbocycles. The van der Waals surface area contributed by atoms with Gasteiger partial charge in [-0.1, -0.05) is 30.3 Å². The average molecular weight is 425 g/mol. The van der Waals surface area contributed by atoms with Crippen molar-refractivity contribution < 1.29 is 9.59 Å². The van der Waals surface area contributed by atoms with Crippen molar-refractivity contribution in [3.8, 4) is 0 Å². The Bertz CT molecular complexity index is 597. The lowest BCUT2D eigenvalue weighted by Gasteiger charge is -2.36. The zero-order chi connectivity index (χ0) is 20.2. The van der Waals surface area contributed by atoms with Gasteiger partial charge in [-0.3, -0.25) is 14.5 Å². The van der Waals surface area contributed by atoms with Gasteiger partial charge < -0.3 is 15.5 Å². The van der Waals surface area contributed by atoms with Crippen LogP contribution in [0.15, 0.2) is 30.3 Å². The molecule has 1 aromatic rings. The number of thiol groups is 2. The van der Waals surface area contributed by atoms with E-state index in [2.05, 4.69) is 48.0 Å². The molecule has 156 valence electrons. The van der Waals surface area contributed by atoms with Crippen molar-refractivity contribution >= 4 is 37.1 Å². The lowest BCUT2D eigenvalue weighted by molar-refractivity contribution is -0.136. The van der Waals surface area contributed by atoms with Gasteiger partial charge >= 0.3 is 0 Å². The average Bonchev–Trinajstić information content (AvgIpc) is 2.72. The van der Waals surface area contributed by atoms with E-state index in [1.54, 1.807) is 0 Å². The van der Waals surface area contributed by atoms with Crippen molar-refractivity contribution in [2.24, 2.45) is 0 Å². The first-order chi connectivity index (χ1) is 13.6. The lowest BCUT2D eigenvalue weighted by Crippen LogP contribution is -2.50. The van der Waals surface area contributed by atoms with Crippen LogP contribution in [0.4, 0.5) is 0 Å². The zero-order valence-electron chi connectivity index (χ0n) is 16.3. The largest absolute Gasteiger partial charge is 0.354 e. The summed E-state index contributed by atoms with van der Waals surface area (Å²) in [4.78, 5) is 29.2. The molecule has 0 unspecified atom stereocenters. The van der Waals surface area contributed by atoms with E-state index < -0.39 is 0 Å². The molecule has 0 aliphatic carbocycles. The maximum Gasteiger partial charge on any atom is 0.237 e. The fourth-order valence-corrected chi connectivity index (χ4v) is 3.81. The quantitative estimate of drug-likeness (QED) is 0.401. The summed E-state index contributed by atoms with van der Waals surface area (Å²) >= 11 is 8.40. The Hall–Kier alpha value is -1.22. The van der Waals surface area contributed by atoms with Crippen LogP contribution in [0.1, 0.15) is 18.4 Å². The monoisotopic (exact) mass is 424 g/mol. The Morgan fingerprint density at radius 3 is 2.43 bits per heavy atom. The second-order valence-electron chi connectivity index (χ2n) is 7.00. The third-order valence-corrected chi connectivity index (χ3v) is 5.27. The summed E-state index contributed by atoms with van der Waals surface area (Å²) in [7, 11) is 0. The zero-order valence-corrected chi connectivity index (χ0v) is 18.1. The lowest BCUT2D eigenvalue weighted by atomic mass is 10.0. The van der Waals surface area contributed by atoms with Gasteiger partial charge in [-0.15, -0.1) is 0 Å². The van der Waals surface area contributed by atoms with E-state index >= 15 is 0 Å². The summed E-state index contributed by atoms with van der Waals surface area (Å²) < 4.78 is 0. The molecule has 6 nitrogen and oxygen atoms in total. The Morgan fingerprint density at radius 2 is 1.79 bits per heavy atom. The Labute approximate surface area is 179 Å². The minimum Gasteiger partial charge on any atom is -0.354 e. The summed E-state index contributed by atoms with van der Waals surface area (Å²) in [6.07, 6.45) is 1.90. The van der Waals surface area contributed by atoms with E-state index in [4.69, 9.17) is 0 Å². The smallest absolute Gasteiger partial charge is 0.237 e. The SMILES string of the molecule is O=C(CN(CCS)CC(=O)N(Cc1ccccc1)C1CCNCC1)NCCS. The van der Waals surface area contributed by atoms with Crippen LogP contribution >= 0.6 is 25.3 Å². The Kier molecular flexibility index (Phi) is 10.8. The number of rotatable bonds is 11. The van der Waals surface area contributed by atoms with Gasteiger partial charge in [0, 0.05) is 37.2 Å². The molecule has 1 heterocycles. The van der Waals surface area contributed by atoms with Crippen LogP contribution in [-0.4, -0.2) is 78.4 Å². The number of benzene rings is 1. The number of nitrogens with one attached hydrogen (secondary N) is 2. The van der Waals surface area contributed by atoms with Crippen molar-refractivity contribution in [2.75, 3.05) is 50.8 Å². The van der Waals surface area contributed by atoms with E-state index in [0.717, 1.165) is 31.5 Å². The molecule has 1 fully saturated rings. The first-order valence-electron chi connectivity index (χ1n) is 9.89. The van der Waals surface area contributed by atoms with Crippen LogP contribution < -0.4 is 10.6 Å². The molecule has 0 atom stereocenters. The molecule has 0 radical (unpaired) electrons. The molecular formula is C20H32N4O2S2. The Morgan fingerprint density at radius 1 is 1.07 bits per heavy atom. The third kappa shape index (κ3) is 8.03. The summed E-state index contributed by atoms with van der Waals surface area (Å²) in [5, 5.41) is 6.17. The molecule has 0 spiro atoms. The van der Waals surface area contributed by atoms with Crippen molar-refractivity contribution in [2.45, 2.75) is 25.4 Å². The van der Waals surface area contributed by atoms with Gasteiger partial charge in [0.25, 0.3) is 0 Å². The molecule has 0 bridgehead atoms. The predicted octanol–water partition coefficient (Wildman–Crippen LogP) is 1.04. The second-order valence-corrected chi connectivity index (χ2v) is 7.89. The highest BCUT2D eigenvalue weighted by atomic mass is 32.1. The van der Waals surface area contributed by atoms with Gasteiger partial charge in [0.05, 0.1) is 13.1 Å². The minimum atomic E-state index is -0.0832. The molecule has 1 saturated heterocycles. The summed E-state index contributed by atoms with van der Waals surface area (Å²) in [5.74, 6) is 1.18. The van der Waals surface area contributed by atoms with Crippen LogP contribution in [0.5, 0.6) is 0 Å². The van der Waals surface area contributed by atoms with Crippen molar-refractivity contribution in [3.63, 3.8) is 0 Å². The molecule has 0 aromatic heterocycles. The highest BCUT2D eigenvalue weighted by Gasteiger charge is 2.27. The molecule has 2 rings (SSSR count). The van der Waals surface area contributed by atoms with Gasteiger partial charge in [-0.05, 0) is 31.5 Å². The van der Waals surface area contributed by atoms with Crippen molar-refractivity contribution in [1.82, 2.24) is 20.4 Å². The topological polar surface area (TPSA) is 64.7 Å². The van der Waals surface area contributed by atoms with Gasteiger partial charge in [-0.2, -0.15) is 25.3 Å². The van der Waals surface area contributed by atoms with E-state index in [9.17, 15) is 9.59 Å². The maximum absolute atomic E-state index is 13.2. The summed E-state index contributed by atoms with van der Waals surface area (Å²) in [6.45, 7) is 4.00. The van der Waals surface area contributed by atoms with Crippen molar-refractivity contribution in [3.05, 3.63) is 35.9 Å². The number of hydrogen-bond acceptors (Lipinski definition) is 6. The first kappa shape index (κ1) is 23.1. The first-order valence-corrected chi connectivity index (χ1v) is 11.2. The van der Waals surface area contributed by atoms with Gasteiger partial charge in [0.15, 0.2) is 0 Å². The molecule has 2 amide bonds. The van der Waals surface area contributed by atoms with Crippen LogP contribution in [0, 0.1) is 0 Å². The molecule has 8 heteroatoms. The highest BCUT2D eigenvalue weighted by molar-refractivity contribution is 7.80. The number of nitrogens with zero attached hydrogens (tertiary/aromatic N) is 2. The van der Waals surface area contributed by atoms with E-state index in [-0.39, 0.29) is 30.9 Å². The molecule has 2 N–H and O–H groups in total. The number of hydrogen-bond donors (Lipinski definition) is 4. The van der Waals surface area contributed by atoms with Gasteiger partial charge in [0.2, 0.25) is 11.8 Å². The fourth-order valence-electron chi connectivity index (χ4n) is 3.41. The highest BCUT2D eigenvalue weighted by Crippen LogP contribution is 2.16. The summed E-state index contributed by atoms with van der Waals surface area (Å²) in [5.41, 5.74) is 1.13. The van der Waals surface area contributed by atoms with E-state index in [1.807, 2.05) is 28.0 Å². The molecule has 1 aliphatic heterocycles. The minimum absolute atomic E-state index is 0.0690. The van der Waals surface area contributed by atoms with E-state index in [0.29, 0.717) is 31.1 Å². The Balaban J connectivity index is 2.04. The molecule has 1 aliphatic rings. The number of carbonyl (C=O) groups is 2. The number of piperidine rings is 1. The standard InChI is InChI=1S/C20H32N4O2S2/c25-19(22-10-12-27)15-23(11-13-28)16-20(26)24(18-6-8-21-9-7-18)14-17-4-2-1-3-5-17/h1-5,18,21,27-28H,6-16H2,(H,22,25). The van der Waals surface area contributed by atoms with Crippen LogP contribution in [-0.2, 0) is 16.1 Å².